The van der Waals surface area contributed by atoms with Gasteiger partial charge >= 0.3 is 5.97 Å². The number of halogens is 2. The van der Waals surface area contributed by atoms with Crippen molar-refractivity contribution in [3.8, 4) is 0 Å². The third kappa shape index (κ3) is 3.61. The van der Waals surface area contributed by atoms with E-state index in [1.807, 2.05) is 0 Å². The van der Waals surface area contributed by atoms with Crippen LogP contribution in [0.3, 0.4) is 0 Å². The minimum Gasteiger partial charge on any atom is -0.481 e. The third-order valence-electron chi connectivity index (χ3n) is 2.52. The molecule has 1 aromatic rings. The third-order valence-corrected chi connectivity index (χ3v) is 2.52. The summed E-state index contributed by atoms with van der Waals surface area (Å²) in [6.07, 6.45) is 1.15. The average molecular weight is 228 g/mol. The van der Waals surface area contributed by atoms with Crippen LogP contribution in [-0.2, 0) is 4.79 Å². The average Bonchev–Trinajstić information content (AvgIpc) is 2.16. The fourth-order valence-corrected chi connectivity index (χ4v) is 1.62. The number of carboxylic acids is 1. The minimum atomic E-state index is -0.855. The molecular formula is C12H14F2O2. The molecule has 0 amide bonds. The monoisotopic (exact) mass is 228 g/mol. The topological polar surface area (TPSA) is 37.3 Å². The number of carboxylic acid groups (broad SMARTS) is 1. The van der Waals surface area contributed by atoms with E-state index in [1.54, 1.807) is 6.92 Å². The molecule has 2 nitrogen and oxygen atoms in total. The highest BCUT2D eigenvalue weighted by atomic mass is 19.1. The molecule has 0 heterocycles. The van der Waals surface area contributed by atoms with Crippen molar-refractivity contribution in [3.63, 3.8) is 0 Å². The van der Waals surface area contributed by atoms with Gasteiger partial charge in [0.1, 0.15) is 11.6 Å². The second kappa shape index (κ2) is 5.58. The van der Waals surface area contributed by atoms with Gasteiger partial charge in [-0.05, 0) is 30.4 Å². The van der Waals surface area contributed by atoms with Gasteiger partial charge in [0.25, 0.3) is 0 Å². The van der Waals surface area contributed by atoms with Gasteiger partial charge in [0, 0.05) is 12.5 Å². The van der Waals surface area contributed by atoms with Gasteiger partial charge < -0.3 is 5.11 Å². The van der Waals surface area contributed by atoms with Crippen molar-refractivity contribution >= 4 is 5.97 Å². The molecule has 4 heteroatoms. The van der Waals surface area contributed by atoms with E-state index in [0.717, 1.165) is 6.07 Å². The van der Waals surface area contributed by atoms with E-state index in [4.69, 9.17) is 5.11 Å². The van der Waals surface area contributed by atoms with Crippen LogP contribution in [0.15, 0.2) is 18.2 Å². The summed E-state index contributed by atoms with van der Waals surface area (Å²) in [4.78, 5) is 10.3. The Morgan fingerprint density at radius 2 is 2.12 bits per heavy atom. The largest absolute Gasteiger partial charge is 0.481 e. The Labute approximate surface area is 92.9 Å². The van der Waals surface area contributed by atoms with Gasteiger partial charge in [-0.15, -0.1) is 0 Å². The van der Waals surface area contributed by atoms with E-state index in [2.05, 4.69) is 0 Å². The summed E-state index contributed by atoms with van der Waals surface area (Å²) in [5.74, 6) is -2.12. The lowest BCUT2D eigenvalue weighted by Crippen LogP contribution is -2.00. The molecule has 0 saturated carbocycles. The zero-order valence-electron chi connectivity index (χ0n) is 9.04. The highest BCUT2D eigenvalue weighted by molar-refractivity contribution is 5.66. The first kappa shape index (κ1) is 12.6. The van der Waals surface area contributed by atoms with Crippen molar-refractivity contribution in [1.29, 1.82) is 0 Å². The molecule has 0 fully saturated rings. The quantitative estimate of drug-likeness (QED) is 0.839. The molecule has 0 aliphatic carbocycles. The summed E-state index contributed by atoms with van der Waals surface area (Å²) in [5.41, 5.74) is 0.437. The minimum absolute atomic E-state index is 0.0765. The molecule has 0 aliphatic rings. The SMILES string of the molecule is CC(CCCC(=O)O)c1ccc(F)cc1F. The molecule has 0 aromatic heterocycles. The summed E-state index contributed by atoms with van der Waals surface area (Å²) in [7, 11) is 0. The zero-order chi connectivity index (χ0) is 12.1. The van der Waals surface area contributed by atoms with Crippen molar-refractivity contribution < 1.29 is 18.7 Å². The van der Waals surface area contributed by atoms with E-state index in [9.17, 15) is 13.6 Å². The Hall–Kier alpha value is -1.45. The Bertz CT molecular complexity index is 377. The van der Waals surface area contributed by atoms with Gasteiger partial charge in [-0.25, -0.2) is 8.78 Å². The maximum absolute atomic E-state index is 13.3. The van der Waals surface area contributed by atoms with Crippen molar-refractivity contribution in [2.45, 2.75) is 32.1 Å². The van der Waals surface area contributed by atoms with Gasteiger partial charge in [-0.3, -0.25) is 4.79 Å². The molecule has 1 aromatic carbocycles. The summed E-state index contributed by atoms with van der Waals surface area (Å²) < 4.78 is 26.0. The van der Waals surface area contributed by atoms with Gasteiger partial charge in [0.2, 0.25) is 0 Å². The van der Waals surface area contributed by atoms with E-state index in [1.165, 1.54) is 12.1 Å². The van der Waals surface area contributed by atoms with Gasteiger partial charge in [0.15, 0.2) is 0 Å². The molecule has 1 N–H and O–H groups in total. The maximum Gasteiger partial charge on any atom is 0.303 e. The molecule has 16 heavy (non-hydrogen) atoms. The highest BCUT2D eigenvalue weighted by Crippen LogP contribution is 2.24. The molecule has 0 saturated heterocycles. The Morgan fingerprint density at radius 1 is 1.44 bits per heavy atom. The molecule has 1 rings (SSSR count). The maximum atomic E-state index is 13.3. The smallest absolute Gasteiger partial charge is 0.303 e. The van der Waals surface area contributed by atoms with Crippen LogP contribution in [0.5, 0.6) is 0 Å². The lowest BCUT2D eigenvalue weighted by molar-refractivity contribution is -0.137. The number of rotatable bonds is 5. The first-order valence-corrected chi connectivity index (χ1v) is 5.17. The molecule has 88 valence electrons. The highest BCUT2D eigenvalue weighted by Gasteiger charge is 2.12. The van der Waals surface area contributed by atoms with Gasteiger partial charge in [-0.2, -0.15) is 0 Å². The number of hydrogen-bond acceptors (Lipinski definition) is 1. The molecule has 1 unspecified atom stereocenters. The van der Waals surface area contributed by atoms with Crippen LogP contribution in [0.25, 0.3) is 0 Å². The lowest BCUT2D eigenvalue weighted by atomic mass is 9.95. The van der Waals surface area contributed by atoms with Crippen LogP contribution in [0.4, 0.5) is 8.78 Å². The van der Waals surface area contributed by atoms with Crippen LogP contribution >= 0.6 is 0 Å². The predicted molar refractivity (Wildman–Crippen MR) is 56.3 cm³/mol. The molecule has 1 atom stereocenters. The van der Waals surface area contributed by atoms with E-state index in [0.29, 0.717) is 18.4 Å². The summed E-state index contributed by atoms with van der Waals surface area (Å²) in [5, 5.41) is 8.46. The first-order valence-electron chi connectivity index (χ1n) is 5.17. The van der Waals surface area contributed by atoms with Crippen LogP contribution in [0, 0.1) is 11.6 Å². The summed E-state index contributed by atoms with van der Waals surface area (Å²) in [6.45, 7) is 1.80. The lowest BCUT2D eigenvalue weighted by Gasteiger charge is -2.11. The predicted octanol–water partition coefficient (Wildman–Crippen LogP) is 3.32. The van der Waals surface area contributed by atoms with Gasteiger partial charge in [-0.1, -0.05) is 13.0 Å². The van der Waals surface area contributed by atoms with Crippen molar-refractivity contribution in [2.24, 2.45) is 0 Å². The van der Waals surface area contributed by atoms with E-state index < -0.39 is 17.6 Å². The van der Waals surface area contributed by atoms with Crippen LogP contribution in [0.1, 0.15) is 37.7 Å². The number of benzene rings is 1. The van der Waals surface area contributed by atoms with E-state index >= 15 is 0 Å². The fourth-order valence-electron chi connectivity index (χ4n) is 1.62. The second-order valence-electron chi connectivity index (χ2n) is 3.85. The van der Waals surface area contributed by atoms with Crippen LogP contribution < -0.4 is 0 Å². The Balaban J connectivity index is 2.58. The Kier molecular flexibility index (Phi) is 4.40. The van der Waals surface area contributed by atoms with Crippen molar-refractivity contribution in [2.75, 3.05) is 0 Å². The van der Waals surface area contributed by atoms with Crippen LogP contribution in [0.2, 0.25) is 0 Å². The molecule has 0 spiro atoms. The molecule has 0 aliphatic heterocycles. The first-order chi connectivity index (χ1) is 7.50. The number of carbonyl (C=O) groups is 1. The van der Waals surface area contributed by atoms with Gasteiger partial charge in [0.05, 0.1) is 0 Å². The number of hydrogen-bond donors (Lipinski definition) is 1. The van der Waals surface area contributed by atoms with Crippen molar-refractivity contribution in [1.82, 2.24) is 0 Å². The molecular weight excluding hydrogens is 214 g/mol. The summed E-state index contributed by atoms with van der Waals surface area (Å²) in [6, 6.07) is 3.48. The number of aliphatic carboxylic acids is 1. The molecule has 0 radical (unpaired) electrons. The van der Waals surface area contributed by atoms with Crippen LogP contribution in [-0.4, -0.2) is 11.1 Å². The normalized spacial score (nSPS) is 12.4. The van der Waals surface area contributed by atoms with E-state index in [-0.39, 0.29) is 12.3 Å². The standard InChI is InChI=1S/C12H14F2O2/c1-8(3-2-4-12(15)16)10-6-5-9(13)7-11(10)14/h5-8H,2-4H2,1H3,(H,15,16). The zero-order valence-corrected chi connectivity index (χ0v) is 9.04. The molecule has 0 bridgehead atoms. The summed E-state index contributed by atoms with van der Waals surface area (Å²) >= 11 is 0. The van der Waals surface area contributed by atoms with Crippen molar-refractivity contribution in [3.05, 3.63) is 35.4 Å². The Morgan fingerprint density at radius 3 is 2.69 bits per heavy atom. The second-order valence-corrected chi connectivity index (χ2v) is 3.85. The fraction of sp³-hybridized carbons (Fsp3) is 0.417.